The van der Waals surface area contributed by atoms with Gasteiger partial charge in [-0.15, -0.1) is 12.4 Å². The molecule has 1 amide bonds. The second kappa shape index (κ2) is 7.42. The van der Waals surface area contributed by atoms with Crippen LogP contribution in [0.1, 0.15) is 6.42 Å². The predicted molar refractivity (Wildman–Crippen MR) is 99.7 cm³/mol. The highest BCUT2D eigenvalue weighted by Crippen LogP contribution is 2.42. The summed E-state index contributed by atoms with van der Waals surface area (Å²) in [6.45, 7) is 0.875. The van der Waals surface area contributed by atoms with Crippen LogP contribution in [-0.2, 0) is 4.79 Å². The summed E-state index contributed by atoms with van der Waals surface area (Å²) in [4.78, 5) is 16.7. The Morgan fingerprint density at radius 2 is 2.04 bits per heavy atom. The number of carbonyl (C=O) groups excluding carboxylic acids is 1. The molecule has 2 bridgehead atoms. The van der Waals surface area contributed by atoms with Crippen LogP contribution in [0.25, 0.3) is 10.9 Å². The quantitative estimate of drug-likeness (QED) is 0.634. The topological polar surface area (TPSA) is 77.2 Å². The van der Waals surface area contributed by atoms with Crippen molar-refractivity contribution in [3.63, 3.8) is 0 Å². The van der Waals surface area contributed by atoms with Gasteiger partial charge in [0.25, 0.3) is 0 Å². The molecule has 132 valence electrons. The van der Waals surface area contributed by atoms with Gasteiger partial charge in [-0.05, 0) is 30.4 Å². The molecule has 2 aliphatic rings. The van der Waals surface area contributed by atoms with Gasteiger partial charge in [0.1, 0.15) is 17.9 Å². The fourth-order valence-electron chi connectivity index (χ4n) is 3.88. The van der Waals surface area contributed by atoms with Crippen LogP contribution in [0.3, 0.4) is 0 Å². The maximum absolute atomic E-state index is 12.4. The molecular formula is C19H22ClN3O2. The number of para-hydroxylation sites is 1. The fraction of sp³-hybridized carbons (Fsp3) is 0.368. The number of hydrogen-bond donors (Lipinski definition) is 2. The van der Waals surface area contributed by atoms with Gasteiger partial charge in [0.15, 0.2) is 0 Å². The number of aromatic nitrogens is 1. The number of carbonyl (C=O) groups is 1. The van der Waals surface area contributed by atoms with Crippen LogP contribution in [0.4, 0.5) is 0 Å². The van der Waals surface area contributed by atoms with Crippen molar-refractivity contribution >= 4 is 29.2 Å². The molecule has 0 spiro atoms. The third-order valence-corrected chi connectivity index (χ3v) is 5.08. The van der Waals surface area contributed by atoms with Gasteiger partial charge < -0.3 is 15.8 Å². The summed E-state index contributed by atoms with van der Waals surface area (Å²) in [5.74, 6) is 1.34. The Hall–Kier alpha value is -2.11. The van der Waals surface area contributed by atoms with Crippen molar-refractivity contribution in [2.45, 2.75) is 12.5 Å². The van der Waals surface area contributed by atoms with Crippen LogP contribution < -0.4 is 15.8 Å². The molecule has 2 aromatic rings. The fourth-order valence-corrected chi connectivity index (χ4v) is 3.88. The number of ether oxygens (including phenoxy) is 1. The number of allylic oxidation sites excluding steroid dienone is 1. The molecule has 4 atom stereocenters. The summed E-state index contributed by atoms with van der Waals surface area (Å²) in [6.07, 6.45) is 7.05. The van der Waals surface area contributed by atoms with Crippen molar-refractivity contribution in [2.24, 2.45) is 23.5 Å². The molecule has 0 unspecified atom stereocenters. The summed E-state index contributed by atoms with van der Waals surface area (Å²) in [5.41, 5.74) is 7.01. The molecule has 5 nitrogen and oxygen atoms in total. The Balaban J connectivity index is 0.00000182. The first-order valence-electron chi connectivity index (χ1n) is 8.42. The second-order valence-corrected chi connectivity index (χ2v) is 6.52. The Morgan fingerprint density at radius 1 is 1.24 bits per heavy atom. The molecule has 1 fully saturated rings. The molecule has 1 aromatic heterocycles. The van der Waals surface area contributed by atoms with Crippen LogP contribution in [0.5, 0.6) is 5.75 Å². The summed E-state index contributed by atoms with van der Waals surface area (Å²) in [5, 5.41) is 4.00. The number of pyridine rings is 1. The highest BCUT2D eigenvalue weighted by Gasteiger charge is 2.46. The summed E-state index contributed by atoms with van der Waals surface area (Å²) >= 11 is 0. The Labute approximate surface area is 153 Å². The van der Waals surface area contributed by atoms with E-state index in [1.54, 1.807) is 6.20 Å². The van der Waals surface area contributed by atoms with Crippen molar-refractivity contribution in [1.82, 2.24) is 10.3 Å². The van der Waals surface area contributed by atoms with Crippen molar-refractivity contribution in [2.75, 3.05) is 13.2 Å². The molecule has 6 heteroatoms. The van der Waals surface area contributed by atoms with Gasteiger partial charge in [-0.25, -0.2) is 0 Å². The standard InChI is InChI=1S/C19H21N3O2.ClH/c20-17-14-7-6-13(11-14)16(17)19(23)22-9-10-24-15-5-1-3-12-4-2-8-21-18(12)15;/h1-8,13-14,16-17H,9-11,20H2,(H,22,23);1H/t13-,14+,16-,17+;/m1./s1. The molecule has 3 N–H and O–H groups in total. The average molecular weight is 360 g/mol. The van der Waals surface area contributed by atoms with Gasteiger partial charge in [0.05, 0.1) is 12.5 Å². The van der Waals surface area contributed by atoms with Crippen LogP contribution in [0, 0.1) is 17.8 Å². The minimum atomic E-state index is -0.0979. The number of rotatable bonds is 5. The highest BCUT2D eigenvalue weighted by atomic mass is 35.5. The zero-order chi connectivity index (χ0) is 16.5. The molecule has 4 rings (SSSR count). The number of amides is 1. The Kier molecular flexibility index (Phi) is 5.25. The van der Waals surface area contributed by atoms with E-state index >= 15 is 0 Å². The van der Waals surface area contributed by atoms with Gasteiger partial charge >= 0.3 is 0 Å². The van der Waals surface area contributed by atoms with Crippen LogP contribution in [0.2, 0.25) is 0 Å². The van der Waals surface area contributed by atoms with E-state index < -0.39 is 0 Å². The molecule has 0 saturated heterocycles. The van der Waals surface area contributed by atoms with E-state index in [0.717, 1.165) is 23.1 Å². The maximum Gasteiger partial charge on any atom is 0.225 e. The number of nitrogens with zero attached hydrogens (tertiary/aromatic N) is 1. The number of hydrogen-bond acceptors (Lipinski definition) is 4. The van der Waals surface area contributed by atoms with Gasteiger partial charge in [-0.1, -0.05) is 30.4 Å². The SMILES string of the molecule is Cl.N[C@@H]1[C@H](C(=O)NCCOc2cccc3cccnc23)[C@@H]2C=C[C@H]1C2. The lowest BCUT2D eigenvalue weighted by Crippen LogP contribution is -2.45. The maximum atomic E-state index is 12.4. The molecule has 1 aromatic carbocycles. The average Bonchev–Trinajstić information content (AvgIpc) is 3.20. The zero-order valence-corrected chi connectivity index (χ0v) is 14.6. The summed E-state index contributed by atoms with van der Waals surface area (Å²) in [7, 11) is 0. The van der Waals surface area contributed by atoms with Gasteiger partial charge in [0, 0.05) is 17.6 Å². The Bertz CT molecular complexity index is 790. The number of benzene rings is 1. The van der Waals surface area contributed by atoms with E-state index in [4.69, 9.17) is 10.5 Å². The van der Waals surface area contributed by atoms with E-state index in [2.05, 4.69) is 22.5 Å². The first-order chi connectivity index (χ1) is 11.7. The molecule has 1 saturated carbocycles. The lowest BCUT2D eigenvalue weighted by molar-refractivity contribution is -0.126. The third-order valence-electron chi connectivity index (χ3n) is 5.08. The van der Waals surface area contributed by atoms with Crippen LogP contribution in [-0.4, -0.2) is 30.1 Å². The van der Waals surface area contributed by atoms with Gasteiger partial charge in [0.2, 0.25) is 5.91 Å². The molecule has 1 heterocycles. The number of halogens is 1. The third kappa shape index (κ3) is 3.34. The largest absolute Gasteiger partial charge is 0.489 e. The smallest absolute Gasteiger partial charge is 0.225 e. The molecule has 0 aliphatic heterocycles. The van der Waals surface area contributed by atoms with Crippen molar-refractivity contribution < 1.29 is 9.53 Å². The Morgan fingerprint density at radius 3 is 2.84 bits per heavy atom. The summed E-state index contributed by atoms with van der Waals surface area (Å²) in [6, 6.07) is 9.69. The van der Waals surface area contributed by atoms with Crippen LogP contribution in [0.15, 0.2) is 48.7 Å². The van der Waals surface area contributed by atoms with E-state index in [1.165, 1.54) is 0 Å². The van der Waals surface area contributed by atoms with E-state index in [-0.39, 0.29) is 30.3 Å². The lowest BCUT2D eigenvalue weighted by Gasteiger charge is -2.23. The van der Waals surface area contributed by atoms with Gasteiger partial charge in [-0.2, -0.15) is 0 Å². The number of nitrogens with one attached hydrogen (secondary N) is 1. The first kappa shape index (κ1) is 17.7. The molecule has 2 aliphatic carbocycles. The molecule has 0 radical (unpaired) electrons. The minimum absolute atomic E-state index is 0. The second-order valence-electron chi connectivity index (χ2n) is 6.52. The number of fused-ring (bicyclic) bond motifs is 3. The lowest BCUT2D eigenvalue weighted by atomic mass is 9.89. The van der Waals surface area contributed by atoms with Crippen LogP contribution >= 0.6 is 12.4 Å². The van der Waals surface area contributed by atoms with Crippen molar-refractivity contribution in [3.8, 4) is 5.75 Å². The van der Waals surface area contributed by atoms with Gasteiger partial charge in [-0.3, -0.25) is 9.78 Å². The van der Waals surface area contributed by atoms with Crippen molar-refractivity contribution in [1.29, 1.82) is 0 Å². The number of nitrogens with two attached hydrogens (primary N) is 1. The minimum Gasteiger partial charge on any atom is -0.489 e. The first-order valence-corrected chi connectivity index (χ1v) is 8.42. The molecular weight excluding hydrogens is 338 g/mol. The van der Waals surface area contributed by atoms with E-state index in [9.17, 15) is 4.79 Å². The van der Waals surface area contributed by atoms with E-state index in [0.29, 0.717) is 25.0 Å². The normalized spacial score (nSPS) is 26.4. The van der Waals surface area contributed by atoms with E-state index in [1.807, 2.05) is 30.3 Å². The summed E-state index contributed by atoms with van der Waals surface area (Å²) < 4.78 is 5.80. The highest BCUT2D eigenvalue weighted by molar-refractivity contribution is 5.85. The predicted octanol–water partition coefficient (Wildman–Crippen LogP) is 2.30. The van der Waals surface area contributed by atoms with Crippen molar-refractivity contribution in [3.05, 3.63) is 48.7 Å². The monoisotopic (exact) mass is 359 g/mol. The zero-order valence-electron chi connectivity index (χ0n) is 13.8. The molecule has 25 heavy (non-hydrogen) atoms.